The first kappa shape index (κ1) is 20.4. The van der Waals surface area contributed by atoms with Crippen LogP contribution in [0.4, 0.5) is 10.7 Å². The standard InChI is InChI=1S/C20H32N6O2/c1-16(18(27)24-17-8-5-3-2-4-6-9-17)23-20(28)26-14-12-25(13-15-26)19-21-10-7-11-22-19/h7,10-11,16-17H,2-6,8-9,12-15H2,1H3,(H,23,28)(H,24,27)/t16-/m0/s1. The molecule has 1 aromatic rings. The molecule has 0 aromatic carbocycles. The SMILES string of the molecule is C[C@H](NC(=O)N1CCN(c2ncccn2)CC1)C(=O)NC1CCCCCCC1. The van der Waals surface area contributed by atoms with Crippen LogP contribution in [0, 0.1) is 0 Å². The molecule has 2 fully saturated rings. The summed E-state index contributed by atoms with van der Waals surface area (Å²) in [6.45, 7) is 4.28. The maximum atomic E-state index is 12.5. The fraction of sp³-hybridized carbons (Fsp3) is 0.700. The largest absolute Gasteiger partial charge is 0.352 e. The van der Waals surface area contributed by atoms with Gasteiger partial charge in [0, 0.05) is 44.6 Å². The van der Waals surface area contributed by atoms with Crippen molar-refractivity contribution in [3.05, 3.63) is 18.5 Å². The Balaban J connectivity index is 1.42. The highest BCUT2D eigenvalue weighted by molar-refractivity contribution is 5.86. The van der Waals surface area contributed by atoms with Gasteiger partial charge in [-0.3, -0.25) is 4.79 Å². The van der Waals surface area contributed by atoms with Gasteiger partial charge < -0.3 is 20.4 Å². The molecular formula is C20H32N6O2. The van der Waals surface area contributed by atoms with Crippen LogP contribution in [0.25, 0.3) is 0 Å². The van der Waals surface area contributed by atoms with Crippen molar-refractivity contribution in [1.82, 2.24) is 25.5 Å². The van der Waals surface area contributed by atoms with Crippen molar-refractivity contribution in [2.45, 2.75) is 64.0 Å². The lowest BCUT2D eigenvalue weighted by atomic mass is 9.96. The average molecular weight is 389 g/mol. The molecule has 1 aliphatic carbocycles. The van der Waals surface area contributed by atoms with Crippen LogP contribution in [0.5, 0.6) is 0 Å². The molecule has 0 unspecified atom stereocenters. The van der Waals surface area contributed by atoms with Crippen LogP contribution < -0.4 is 15.5 Å². The van der Waals surface area contributed by atoms with Crippen LogP contribution >= 0.6 is 0 Å². The molecule has 28 heavy (non-hydrogen) atoms. The van der Waals surface area contributed by atoms with Crippen LogP contribution in [-0.2, 0) is 4.79 Å². The molecule has 3 rings (SSSR count). The predicted molar refractivity (Wildman–Crippen MR) is 108 cm³/mol. The molecule has 154 valence electrons. The fourth-order valence-corrected chi connectivity index (χ4v) is 3.83. The van der Waals surface area contributed by atoms with Crippen LogP contribution in [0.15, 0.2) is 18.5 Å². The van der Waals surface area contributed by atoms with Crippen molar-refractivity contribution >= 4 is 17.9 Å². The molecule has 3 amide bonds. The summed E-state index contributed by atoms with van der Waals surface area (Å²) in [4.78, 5) is 37.4. The molecule has 0 bridgehead atoms. The van der Waals surface area contributed by atoms with Gasteiger partial charge in [-0.2, -0.15) is 0 Å². The number of anilines is 1. The summed E-state index contributed by atoms with van der Waals surface area (Å²) < 4.78 is 0. The van der Waals surface area contributed by atoms with Crippen LogP contribution in [0.3, 0.4) is 0 Å². The van der Waals surface area contributed by atoms with Gasteiger partial charge in [0.2, 0.25) is 11.9 Å². The summed E-state index contributed by atoms with van der Waals surface area (Å²) in [5.74, 6) is 0.602. The first-order valence-electron chi connectivity index (χ1n) is 10.5. The van der Waals surface area contributed by atoms with Gasteiger partial charge in [-0.05, 0) is 25.8 Å². The van der Waals surface area contributed by atoms with Gasteiger partial charge in [0.1, 0.15) is 6.04 Å². The third kappa shape index (κ3) is 5.81. The Morgan fingerprint density at radius 1 is 1.00 bits per heavy atom. The number of nitrogens with one attached hydrogen (secondary N) is 2. The smallest absolute Gasteiger partial charge is 0.318 e. The van der Waals surface area contributed by atoms with E-state index in [4.69, 9.17) is 0 Å². The maximum absolute atomic E-state index is 12.5. The van der Waals surface area contributed by atoms with Crippen molar-refractivity contribution in [2.24, 2.45) is 0 Å². The quantitative estimate of drug-likeness (QED) is 0.822. The number of rotatable bonds is 4. The van der Waals surface area contributed by atoms with Crippen LogP contribution in [-0.4, -0.2) is 65.1 Å². The van der Waals surface area contributed by atoms with E-state index in [1.54, 1.807) is 30.3 Å². The molecular weight excluding hydrogens is 356 g/mol. The predicted octanol–water partition coefficient (Wildman–Crippen LogP) is 1.93. The van der Waals surface area contributed by atoms with Gasteiger partial charge in [-0.25, -0.2) is 14.8 Å². The Morgan fingerprint density at radius 2 is 1.61 bits per heavy atom. The van der Waals surface area contributed by atoms with E-state index in [0.717, 1.165) is 12.8 Å². The highest BCUT2D eigenvalue weighted by Crippen LogP contribution is 2.17. The zero-order chi connectivity index (χ0) is 19.8. The number of aromatic nitrogens is 2. The highest BCUT2D eigenvalue weighted by atomic mass is 16.2. The van der Waals surface area contributed by atoms with Gasteiger partial charge in [-0.15, -0.1) is 0 Å². The van der Waals surface area contributed by atoms with Crippen molar-refractivity contribution in [2.75, 3.05) is 31.1 Å². The summed E-state index contributed by atoms with van der Waals surface area (Å²) in [5, 5.41) is 5.97. The van der Waals surface area contributed by atoms with E-state index in [-0.39, 0.29) is 18.0 Å². The van der Waals surface area contributed by atoms with Crippen molar-refractivity contribution in [3.8, 4) is 0 Å². The number of piperazine rings is 1. The van der Waals surface area contributed by atoms with E-state index in [2.05, 4.69) is 25.5 Å². The lowest BCUT2D eigenvalue weighted by Gasteiger charge is -2.35. The molecule has 2 heterocycles. The van der Waals surface area contributed by atoms with Crippen molar-refractivity contribution < 1.29 is 9.59 Å². The Labute approximate surface area is 167 Å². The minimum atomic E-state index is -0.534. The number of urea groups is 1. The number of nitrogens with zero attached hydrogens (tertiary/aromatic N) is 4. The van der Waals surface area contributed by atoms with Crippen molar-refractivity contribution in [1.29, 1.82) is 0 Å². The lowest BCUT2D eigenvalue weighted by Crippen LogP contribution is -2.56. The summed E-state index contributed by atoms with van der Waals surface area (Å²) in [6, 6.07) is 1.31. The molecule has 2 aliphatic rings. The zero-order valence-corrected chi connectivity index (χ0v) is 16.8. The molecule has 1 saturated carbocycles. The fourth-order valence-electron chi connectivity index (χ4n) is 3.83. The molecule has 8 heteroatoms. The normalized spacial score (nSPS) is 20.0. The second-order valence-corrected chi connectivity index (χ2v) is 7.74. The van der Waals surface area contributed by atoms with Gasteiger partial charge in [0.05, 0.1) is 0 Å². The van der Waals surface area contributed by atoms with E-state index in [1.807, 2.05) is 0 Å². The minimum absolute atomic E-state index is 0.0877. The third-order valence-electron chi connectivity index (χ3n) is 5.59. The minimum Gasteiger partial charge on any atom is -0.352 e. The van der Waals surface area contributed by atoms with Gasteiger partial charge in [-0.1, -0.05) is 32.1 Å². The molecule has 2 N–H and O–H groups in total. The van der Waals surface area contributed by atoms with E-state index < -0.39 is 6.04 Å². The molecule has 1 atom stereocenters. The average Bonchev–Trinajstić information content (AvgIpc) is 2.70. The Bertz CT molecular complexity index is 625. The summed E-state index contributed by atoms with van der Waals surface area (Å²) in [7, 11) is 0. The van der Waals surface area contributed by atoms with E-state index in [0.29, 0.717) is 32.1 Å². The van der Waals surface area contributed by atoms with E-state index >= 15 is 0 Å². The van der Waals surface area contributed by atoms with E-state index in [9.17, 15) is 9.59 Å². The topological polar surface area (TPSA) is 90.5 Å². The highest BCUT2D eigenvalue weighted by Gasteiger charge is 2.25. The second kappa shape index (κ2) is 10.2. The Morgan fingerprint density at radius 3 is 2.25 bits per heavy atom. The number of carbonyl (C=O) groups excluding carboxylic acids is 2. The number of hydrogen-bond donors (Lipinski definition) is 2. The zero-order valence-electron chi connectivity index (χ0n) is 16.8. The van der Waals surface area contributed by atoms with E-state index in [1.165, 1.54) is 32.1 Å². The number of amides is 3. The summed E-state index contributed by atoms with van der Waals surface area (Å²) in [6.07, 6.45) is 11.7. The first-order chi connectivity index (χ1) is 13.6. The number of carbonyl (C=O) groups is 2. The van der Waals surface area contributed by atoms with Gasteiger partial charge in [0.15, 0.2) is 0 Å². The molecule has 1 aliphatic heterocycles. The molecule has 8 nitrogen and oxygen atoms in total. The van der Waals surface area contributed by atoms with Crippen LogP contribution in [0.1, 0.15) is 51.9 Å². The Kier molecular flexibility index (Phi) is 7.45. The molecule has 1 aromatic heterocycles. The third-order valence-corrected chi connectivity index (χ3v) is 5.59. The lowest BCUT2D eigenvalue weighted by molar-refractivity contribution is -0.123. The summed E-state index contributed by atoms with van der Waals surface area (Å²) in [5.41, 5.74) is 0. The Hall–Kier alpha value is -2.38. The first-order valence-corrected chi connectivity index (χ1v) is 10.5. The maximum Gasteiger partial charge on any atom is 0.318 e. The van der Waals surface area contributed by atoms with Gasteiger partial charge >= 0.3 is 6.03 Å². The van der Waals surface area contributed by atoms with Crippen molar-refractivity contribution in [3.63, 3.8) is 0 Å². The van der Waals surface area contributed by atoms with Gasteiger partial charge in [0.25, 0.3) is 0 Å². The second-order valence-electron chi connectivity index (χ2n) is 7.74. The molecule has 0 radical (unpaired) electrons. The molecule has 1 saturated heterocycles. The monoisotopic (exact) mass is 388 g/mol. The molecule has 0 spiro atoms. The van der Waals surface area contributed by atoms with Crippen LogP contribution in [0.2, 0.25) is 0 Å². The number of hydrogen-bond acceptors (Lipinski definition) is 5. The summed E-state index contributed by atoms with van der Waals surface area (Å²) >= 11 is 0.